The molecular formula is C15H16FNO. The van der Waals surface area contributed by atoms with E-state index in [0.29, 0.717) is 6.61 Å². The molecule has 3 heteroatoms. The predicted molar refractivity (Wildman–Crippen MR) is 69.8 cm³/mol. The summed E-state index contributed by atoms with van der Waals surface area (Å²) >= 11 is 0. The number of hydrogen-bond acceptors (Lipinski definition) is 2. The Hall–Kier alpha value is -1.87. The van der Waals surface area contributed by atoms with Gasteiger partial charge < -0.3 is 10.5 Å². The minimum Gasteiger partial charge on any atom is -0.489 e. The predicted octanol–water partition coefficient (Wildman–Crippen LogP) is 3.42. The van der Waals surface area contributed by atoms with Gasteiger partial charge in [-0.2, -0.15) is 0 Å². The molecule has 0 bridgehead atoms. The quantitative estimate of drug-likeness (QED) is 0.895. The van der Waals surface area contributed by atoms with Crippen LogP contribution in [0.4, 0.5) is 4.39 Å². The number of benzene rings is 2. The van der Waals surface area contributed by atoms with Gasteiger partial charge in [0.1, 0.15) is 18.2 Å². The van der Waals surface area contributed by atoms with Crippen molar-refractivity contribution < 1.29 is 9.13 Å². The summed E-state index contributed by atoms with van der Waals surface area (Å²) in [5.41, 5.74) is 7.64. The number of hydrogen-bond donors (Lipinski definition) is 1. The Morgan fingerprint density at radius 3 is 2.50 bits per heavy atom. The third kappa shape index (κ3) is 3.31. The average Bonchev–Trinajstić information content (AvgIpc) is 2.37. The summed E-state index contributed by atoms with van der Waals surface area (Å²) in [7, 11) is 0. The Morgan fingerprint density at radius 2 is 1.89 bits per heavy atom. The highest BCUT2D eigenvalue weighted by Gasteiger charge is 2.00. The fraction of sp³-hybridized carbons (Fsp3) is 0.200. The lowest BCUT2D eigenvalue weighted by molar-refractivity contribution is 0.305. The smallest absolute Gasteiger partial charge is 0.123 e. The van der Waals surface area contributed by atoms with Gasteiger partial charge >= 0.3 is 0 Å². The topological polar surface area (TPSA) is 35.2 Å². The van der Waals surface area contributed by atoms with Gasteiger partial charge in [0.2, 0.25) is 0 Å². The molecule has 0 amide bonds. The number of ether oxygens (including phenoxy) is 1. The molecule has 0 spiro atoms. The van der Waals surface area contributed by atoms with Gasteiger partial charge in [-0.15, -0.1) is 0 Å². The first-order valence-corrected chi connectivity index (χ1v) is 5.88. The first-order chi connectivity index (χ1) is 8.65. The van der Waals surface area contributed by atoms with Crippen LogP contribution >= 0.6 is 0 Å². The van der Waals surface area contributed by atoms with Crippen molar-refractivity contribution in [2.24, 2.45) is 5.73 Å². The molecule has 0 aliphatic carbocycles. The molecule has 0 aromatic heterocycles. The summed E-state index contributed by atoms with van der Waals surface area (Å²) in [6.45, 7) is 2.29. The Balaban J connectivity index is 1.98. The molecule has 0 saturated carbocycles. The first-order valence-electron chi connectivity index (χ1n) is 5.88. The van der Waals surface area contributed by atoms with Crippen LogP contribution in [-0.4, -0.2) is 0 Å². The second-order valence-electron chi connectivity index (χ2n) is 4.28. The van der Waals surface area contributed by atoms with Crippen LogP contribution < -0.4 is 10.5 Å². The van der Waals surface area contributed by atoms with E-state index in [9.17, 15) is 4.39 Å². The van der Waals surface area contributed by atoms with E-state index in [0.717, 1.165) is 16.9 Å². The second-order valence-corrected chi connectivity index (χ2v) is 4.28. The molecule has 2 aromatic rings. The normalized spacial score (nSPS) is 12.2. The van der Waals surface area contributed by atoms with E-state index in [1.165, 1.54) is 12.1 Å². The summed E-state index contributed by atoms with van der Waals surface area (Å²) in [5, 5.41) is 0. The minimum atomic E-state index is -0.247. The van der Waals surface area contributed by atoms with Crippen molar-refractivity contribution in [3.8, 4) is 5.75 Å². The van der Waals surface area contributed by atoms with Crippen LogP contribution in [0.25, 0.3) is 0 Å². The monoisotopic (exact) mass is 245 g/mol. The van der Waals surface area contributed by atoms with Crippen LogP contribution in [0, 0.1) is 5.82 Å². The van der Waals surface area contributed by atoms with Crippen LogP contribution in [0.15, 0.2) is 48.5 Å². The highest BCUT2D eigenvalue weighted by molar-refractivity contribution is 5.29. The van der Waals surface area contributed by atoms with E-state index in [-0.39, 0.29) is 11.9 Å². The van der Waals surface area contributed by atoms with Crippen molar-refractivity contribution in [1.29, 1.82) is 0 Å². The number of rotatable bonds is 4. The van der Waals surface area contributed by atoms with Crippen molar-refractivity contribution in [2.75, 3.05) is 0 Å². The summed E-state index contributed by atoms with van der Waals surface area (Å²) in [5.74, 6) is 0.507. The molecule has 0 aliphatic heterocycles. The Kier molecular flexibility index (Phi) is 3.95. The zero-order valence-corrected chi connectivity index (χ0v) is 10.3. The standard InChI is InChI=1S/C15H16FNO/c1-11(17)13-5-7-15(8-6-13)18-10-12-3-2-4-14(16)9-12/h2-9,11H,10,17H2,1H3/t11-/m0/s1. The molecule has 18 heavy (non-hydrogen) atoms. The van der Waals surface area contributed by atoms with Gasteiger partial charge in [0, 0.05) is 6.04 Å². The largest absolute Gasteiger partial charge is 0.489 e. The fourth-order valence-electron chi connectivity index (χ4n) is 1.66. The van der Waals surface area contributed by atoms with Gasteiger partial charge in [0.05, 0.1) is 0 Å². The third-order valence-electron chi connectivity index (χ3n) is 2.70. The van der Waals surface area contributed by atoms with E-state index in [2.05, 4.69) is 0 Å². The Labute approximate surface area is 106 Å². The van der Waals surface area contributed by atoms with E-state index in [4.69, 9.17) is 10.5 Å². The molecule has 1 atom stereocenters. The van der Waals surface area contributed by atoms with Crippen molar-refractivity contribution in [2.45, 2.75) is 19.6 Å². The highest BCUT2D eigenvalue weighted by atomic mass is 19.1. The molecule has 0 heterocycles. The van der Waals surface area contributed by atoms with Crippen LogP contribution in [0.3, 0.4) is 0 Å². The molecule has 0 fully saturated rings. The molecule has 0 saturated heterocycles. The molecule has 0 aliphatic rings. The molecule has 2 N–H and O–H groups in total. The molecule has 2 nitrogen and oxygen atoms in total. The number of nitrogens with two attached hydrogens (primary N) is 1. The average molecular weight is 245 g/mol. The summed E-state index contributed by atoms with van der Waals surface area (Å²) in [6, 6.07) is 14.0. The van der Waals surface area contributed by atoms with E-state index in [1.54, 1.807) is 6.07 Å². The van der Waals surface area contributed by atoms with Crippen molar-refractivity contribution >= 4 is 0 Å². The highest BCUT2D eigenvalue weighted by Crippen LogP contribution is 2.17. The molecule has 0 radical (unpaired) electrons. The van der Waals surface area contributed by atoms with Crippen molar-refractivity contribution in [3.63, 3.8) is 0 Å². The maximum atomic E-state index is 13.0. The second kappa shape index (κ2) is 5.65. The van der Waals surface area contributed by atoms with Gasteiger partial charge in [0.25, 0.3) is 0 Å². The van der Waals surface area contributed by atoms with Gasteiger partial charge in [-0.25, -0.2) is 4.39 Å². The lowest BCUT2D eigenvalue weighted by Gasteiger charge is -2.09. The van der Waals surface area contributed by atoms with E-state index >= 15 is 0 Å². The molecule has 2 aromatic carbocycles. The van der Waals surface area contributed by atoms with Crippen molar-refractivity contribution in [1.82, 2.24) is 0 Å². The van der Waals surface area contributed by atoms with Gasteiger partial charge in [-0.1, -0.05) is 24.3 Å². The Bertz CT molecular complexity index is 508. The first kappa shape index (κ1) is 12.6. The summed E-state index contributed by atoms with van der Waals surface area (Å²) < 4.78 is 18.5. The summed E-state index contributed by atoms with van der Waals surface area (Å²) in [6.07, 6.45) is 0. The lowest BCUT2D eigenvalue weighted by Crippen LogP contribution is -2.04. The van der Waals surface area contributed by atoms with Crippen molar-refractivity contribution in [3.05, 3.63) is 65.5 Å². The lowest BCUT2D eigenvalue weighted by atomic mass is 10.1. The zero-order chi connectivity index (χ0) is 13.0. The maximum Gasteiger partial charge on any atom is 0.123 e. The van der Waals surface area contributed by atoms with Gasteiger partial charge in [-0.3, -0.25) is 0 Å². The zero-order valence-electron chi connectivity index (χ0n) is 10.3. The molecule has 94 valence electrons. The molecular weight excluding hydrogens is 229 g/mol. The maximum absolute atomic E-state index is 13.0. The SMILES string of the molecule is C[C@H](N)c1ccc(OCc2cccc(F)c2)cc1. The van der Waals surface area contributed by atoms with Crippen LogP contribution in [0.5, 0.6) is 5.75 Å². The molecule has 2 rings (SSSR count). The summed E-state index contributed by atoms with van der Waals surface area (Å²) in [4.78, 5) is 0. The minimum absolute atomic E-state index is 0.0160. The fourth-order valence-corrected chi connectivity index (χ4v) is 1.66. The van der Waals surface area contributed by atoms with Crippen LogP contribution in [0.1, 0.15) is 24.1 Å². The van der Waals surface area contributed by atoms with Gasteiger partial charge in [-0.05, 0) is 42.3 Å². The van der Waals surface area contributed by atoms with Gasteiger partial charge in [0.15, 0.2) is 0 Å². The van der Waals surface area contributed by atoms with Crippen LogP contribution in [-0.2, 0) is 6.61 Å². The third-order valence-corrected chi connectivity index (χ3v) is 2.70. The number of halogens is 1. The van der Waals surface area contributed by atoms with Crippen LogP contribution in [0.2, 0.25) is 0 Å². The van der Waals surface area contributed by atoms with E-state index in [1.807, 2.05) is 37.3 Å². The van der Waals surface area contributed by atoms with E-state index < -0.39 is 0 Å². The molecule has 0 unspecified atom stereocenters. The Morgan fingerprint density at radius 1 is 1.17 bits per heavy atom.